The van der Waals surface area contributed by atoms with Crippen LogP contribution in [0.5, 0.6) is 17.2 Å². The van der Waals surface area contributed by atoms with Crippen LogP contribution in [0.15, 0.2) is 48.7 Å². The molecule has 2 heterocycles. The first-order valence-corrected chi connectivity index (χ1v) is 8.13. The number of amides is 1. The number of ether oxygens (including phenoxy) is 3. The molecule has 0 saturated heterocycles. The molecule has 26 heavy (non-hydrogen) atoms. The van der Waals surface area contributed by atoms with Gasteiger partial charge in [0.15, 0.2) is 11.5 Å². The summed E-state index contributed by atoms with van der Waals surface area (Å²) in [6.45, 7) is 1.02. The molecule has 0 unspecified atom stereocenters. The molecule has 2 N–H and O–H groups in total. The highest BCUT2D eigenvalue weighted by molar-refractivity contribution is 6.08. The first kappa shape index (κ1) is 16.0. The standard InChI is InChI=1S/C19H17N3O4/c1-24-14-5-2-12(3-6-14)18-15(11-20-22-18)19(23)21-13-4-7-16-17(10-13)26-9-8-25-16/h2-7,10-11H,8-9H2,1H3,(H,20,22)(H,21,23). The van der Waals surface area contributed by atoms with Gasteiger partial charge in [-0.05, 0) is 36.4 Å². The predicted molar refractivity (Wildman–Crippen MR) is 96.0 cm³/mol. The van der Waals surface area contributed by atoms with E-state index in [0.717, 1.165) is 11.3 Å². The number of nitrogens with zero attached hydrogens (tertiary/aromatic N) is 1. The van der Waals surface area contributed by atoms with E-state index in [9.17, 15) is 4.79 Å². The molecule has 4 rings (SSSR count). The molecule has 0 saturated carbocycles. The topological polar surface area (TPSA) is 85.5 Å². The number of aromatic amines is 1. The summed E-state index contributed by atoms with van der Waals surface area (Å²) < 4.78 is 16.2. The number of fused-ring (bicyclic) bond motifs is 1. The number of benzene rings is 2. The maximum Gasteiger partial charge on any atom is 0.259 e. The van der Waals surface area contributed by atoms with E-state index >= 15 is 0 Å². The van der Waals surface area contributed by atoms with E-state index in [-0.39, 0.29) is 5.91 Å². The van der Waals surface area contributed by atoms with Crippen LogP contribution in [0.2, 0.25) is 0 Å². The van der Waals surface area contributed by atoms with E-state index in [2.05, 4.69) is 15.5 Å². The van der Waals surface area contributed by atoms with Crippen LogP contribution < -0.4 is 19.5 Å². The summed E-state index contributed by atoms with van der Waals surface area (Å²) in [5, 5.41) is 9.76. The van der Waals surface area contributed by atoms with Crippen LogP contribution in [0.25, 0.3) is 11.3 Å². The first-order chi connectivity index (χ1) is 12.7. The van der Waals surface area contributed by atoms with Crippen LogP contribution in [0, 0.1) is 0 Å². The Balaban J connectivity index is 1.56. The van der Waals surface area contributed by atoms with Crippen LogP contribution in [0.3, 0.4) is 0 Å². The number of carbonyl (C=O) groups is 1. The highest BCUT2D eigenvalue weighted by atomic mass is 16.6. The number of anilines is 1. The lowest BCUT2D eigenvalue weighted by molar-refractivity contribution is 0.102. The zero-order chi connectivity index (χ0) is 17.9. The van der Waals surface area contributed by atoms with Gasteiger partial charge in [-0.3, -0.25) is 9.89 Å². The third-order valence-corrected chi connectivity index (χ3v) is 4.06. The molecular weight excluding hydrogens is 334 g/mol. The number of methoxy groups -OCH3 is 1. The predicted octanol–water partition coefficient (Wildman–Crippen LogP) is 3.11. The van der Waals surface area contributed by atoms with Crippen molar-refractivity contribution in [1.82, 2.24) is 10.2 Å². The minimum absolute atomic E-state index is 0.263. The Kier molecular flexibility index (Phi) is 4.18. The van der Waals surface area contributed by atoms with Crippen molar-refractivity contribution in [3.8, 4) is 28.5 Å². The second kappa shape index (κ2) is 6.79. The second-order valence-corrected chi connectivity index (χ2v) is 5.70. The fourth-order valence-corrected chi connectivity index (χ4v) is 2.76. The minimum Gasteiger partial charge on any atom is -0.497 e. The molecule has 7 heteroatoms. The van der Waals surface area contributed by atoms with Crippen molar-refractivity contribution < 1.29 is 19.0 Å². The second-order valence-electron chi connectivity index (χ2n) is 5.70. The Morgan fingerprint density at radius 1 is 1.12 bits per heavy atom. The lowest BCUT2D eigenvalue weighted by atomic mass is 10.1. The third kappa shape index (κ3) is 3.06. The van der Waals surface area contributed by atoms with Crippen LogP contribution in [-0.2, 0) is 0 Å². The van der Waals surface area contributed by atoms with E-state index in [1.165, 1.54) is 6.20 Å². The van der Waals surface area contributed by atoms with Crippen molar-refractivity contribution in [2.45, 2.75) is 0 Å². The van der Waals surface area contributed by atoms with E-state index in [0.29, 0.717) is 41.7 Å². The molecule has 1 aliphatic heterocycles. The summed E-state index contributed by atoms with van der Waals surface area (Å²) in [7, 11) is 1.61. The summed E-state index contributed by atoms with van der Waals surface area (Å²) in [5.41, 5.74) is 2.56. The number of carbonyl (C=O) groups excluding carboxylic acids is 1. The van der Waals surface area contributed by atoms with Gasteiger partial charge in [0.05, 0.1) is 24.6 Å². The summed E-state index contributed by atoms with van der Waals surface area (Å²) in [4.78, 5) is 12.7. The van der Waals surface area contributed by atoms with Gasteiger partial charge >= 0.3 is 0 Å². The monoisotopic (exact) mass is 351 g/mol. The Hall–Kier alpha value is -3.48. The van der Waals surface area contributed by atoms with E-state index < -0.39 is 0 Å². The van der Waals surface area contributed by atoms with E-state index in [1.807, 2.05) is 24.3 Å². The highest BCUT2D eigenvalue weighted by Gasteiger charge is 2.17. The largest absolute Gasteiger partial charge is 0.497 e. The average molecular weight is 351 g/mol. The van der Waals surface area contributed by atoms with Crippen LogP contribution >= 0.6 is 0 Å². The summed E-state index contributed by atoms with van der Waals surface area (Å²) >= 11 is 0. The Bertz CT molecular complexity index is 934. The average Bonchev–Trinajstić information content (AvgIpc) is 3.18. The van der Waals surface area contributed by atoms with Gasteiger partial charge in [0.2, 0.25) is 0 Å². The lowest BCUT2D eigenvalue weighted by Gasteiger charge is -2.19. The van der Waals surface area contributed by atoms with Crippen molar-refractivity contribution in [2.75, 3.05) is 25.6 Å². The fraction of sp³-hybridized carbons (Fsp3) is 0.158. The highest BCUT2D eigenvalue weighted by Crippen LogP contribution is 2.33. The molecule has 1 aliphatic rings. The van der Waals surface area contributed by atoms with Gasteiger partial charge < -0.3 is 19.5 Å². The number of H-pyrrole nitrogens is 1. The zero-order valence-corrected chi connectivity index (χ0v) is 14.1. The third-order valence-electron chi connectivity index (χ3n) is 4.06. The molecule has 7 nitrogen and oxygen atoms in total. The van der Waals surface area contributed by atoms with Gasteiger partial charge in [-0.1, -0.05) is 0 Å². The van der Waals surface area contributed by atoms with Crippen LogP contribution in [0.1, 0.15) is 10.4 Å². The van der Waals surface area contributed by atoms with Crippen molar-refractivity contribution in [3.05, 3.63) is 54.2 Å². The van der Waals surface area contributed by atoms with Gasteiger partial charge in [0.25, 0.3) is 5.91 Å². The number of aromatic nitrogens is 2. The van der Waals surface area contributed by atoms with E-state index in [1.54, 1.807) is 25.3 Å². The van der Waals surface area contributed by atoms with Gasteiger partial charge in [-0.2, -0.15) is 5.10 Å². The smallest absolute Gasteiger partial charge is 0.259 e. The van der Waals surface area contributed by atoms with Gasteiger partial charge in [0.1, 0.15) is 19.0 Å². The van der Waals surface area contributed by atoms with Crippen LogP contribution in [-0.4, -0.2) is 36.4 Å². The molecule has 0 atom stereocenters. The van der Waals surface area contributed by atoms with Crippen molar-refractivity contribution >= 4 is 11.6 Å². The molecule has 1 aromatic heterocycles. The molecule has 0 spiro atoms. The molecule has 132 valence electrons. The number of hydrogen-bond acceptors (Lipinski definition) is 5. The van der Waals surface area contributed by atoms with Crippen molar-refractivity contribution in [2.24, 2.45) is 0 Å². The summed E-state index contributed by atoms with van der Waals surface area (Å²) in [6, 6.07) is 12.7. The molecule has 0 fully saturated rings. The normalized spacial score (nSPS) is 12.5. The Labute approximate surface area is 149 Å². The zero-order valence-electron chi connectivity index (χ0n) is 14.1. The molecule has 0 bridgehead atoms. The van der Waals surface area contributed by atoms with Gasteiger partial charge in [0, 0.05) is 17.3 Å². The number of hydrogen-bond donors (Lipinski definition) is 2. The minimum atomic E-state index is -0.263. The summed E-state index contributed by atoms with van der Waals surface area (Å²) in [6.07, 6.45) is 1.51. The molecule has 0 aliphatic carbocycles. The van der Waals surface area contributed by atoms with Gasteiger partial charge in [-0.15, -0.1) is 0 Å². The van der Waals surface area contributed by atoms with Crippen molar-refractivity contribution in [3.63, 3.8) is 0 Å². The van der Waals surface area contributed by atoms with Crippen molar-refractivity contribution in [1.29, 1.82) is 0 Å². The Morgan fingerprint density at radius 2 is 1.88 bits per heavy atom. The van der Waals surface area contributed by atoms with Crippen LogP contribution in [0.4, 0.5) is 5.69 Å². The first-order valence-electron chi connectivity index (χ1n) is 8.13. The lowest BCUT2D eigenvalue weighted by Crippen LogP contribution is -2.16. The molecule has 0 radical (unpaired) electrons. The number of rotatable bonds is 4. The SMILES string of the molecule is COc1ccc(-c2[nH]ncc2C(=O)Nc2ccc3c(c2)OCCO3)cc1. The maximum atomic E-state index is 12.7. The molecule has 2 aromatic carbocycles. The Morgan fingerprint density at radius 3 is 2.65 bits per heavy atom. The fourth-order valence-electron chi connectivity index (χ4n) is 2.76. The summed E-state index contributed by atoms with van der Waals surface area (Å²) in [5.74, 6) is 1.78. The molecule has 1 amide bonds. The number of nitrogens with one attached hydrogen (secondary N) is 2. The van der Waals surface area contributed by atoms with E-state index in [4.69, 9.17) is 14.2 Å². The molecular formula is C19H17N3O4. The maximum absolute atomic E-state index is 12.7. The quantitative estimate of drug-likeness (QED) is 0.754. The molecule has 3 aromatic rings. The van der Waals surface area contributed by atoms with Gasteiger partial charge in [-0.25, -0.2) is 0 Å².